The summed E-state index contributed by atoms with van der Waals surface area (Å²) in [6.45, 7) is 3.07. The van der Waals surface area contributed by atoms with Crippen LogP contribution in [0.1, 0.15) is 36.9 Å². The van der Waals surface area contributed by atoms with Crippen molar-refractivity contribution in [2.45, 2.75) is 32.4 Å². The van der Waals surface area contributed by atoms with Gasteiger partial charge in [-0.25, -0.2) is 0 Å². The third-order valence-corrected chi connectivity index (χ3v) is 4.37. The molecule has 0 aliphatic rings. The molecule has 0 aliphatic heterocycles. The second kappa shape index (κ2) is 7.82. The summed E-state index contributed by atoms with van der Waals surface area (Å²) in [5.41, 5.74) is 2.57. The molecule has 0 aromatic heterocycles. The van der Waals surface area contributed by atoms with Crippen LogP contribution >= 0.6 is 27.5 Å². The third kappa shape index (κ3) is 4.34. The van der Waals surface area contributed by atoms with Crippen molar-refractivity contribution in [3.05, 3.63) is 69.2 Å². The highest BCUT2D eigenvalue weighted by Gasteiger charge is 2.10. The Morgan fingerprint density at radius 1 is 1.10 bits per heavy atom. The Kier molecular flexibility index (Phi) is 6.08. The van der Waals surface area contributed by atoms with Gasteiger partial charge in [0.25, 0.3) is 0 Å². The Morgan fingerprint density at radius 3 is 2.45 bits per heavy atom. The molecule has 0 bridgehead atoms. The van der Waals surface area contributed by atoms with E-state index in [1.807, 2.05) is 18.2 Å². The summed E-state index contributed by atoms with van der Waals surface area (Å²) in [4.78, 5) is 0. The van der Waals surface area contributed by atoms with Crippen LogP contribution in [0.25, 0.3) is 0 Å². The largest absolute Gasteiger partial charge is 0.306 e. The number of nitrogens with one attached hydrogen (secondary N) is 1. The molecule has 0 fully saturated rings. The van der Waals surface area contributed by atoms with Gasteiger partial charge in [-0.05, 0) is 35.7 Å². The van der Waals surface area contributed by atoms with Crippen molar-refractivity contribution in [1.82, 2.24) is 5.32 Å². The second-order valence-corrected chi connectivity index (χ2v) is 6.16. The highest BCUT2D eigenvalue weighted by Crippen LogP contribution is 2.22. The van der Waals surface area contributed by atoms with Crippen LogP contribution in [0.2, 0.25) is 5.02 Å². The van der Waals surface area contributed by atoms with Crippen LogP contribution in [0.5, 0.6) is 0 Å². The Hall–Kier alpha value is -0.830. The zero-order valence-electron chi connectivity index (χ0n) is 11.6. The molecule has 2 aromatic carbocycles. The van der Waals surface area contributed by atoms with Gasteiger partial charge in [0.1, 0.15) is 0 Å². The molecule has 20 heavy (non-hydrogen) atoms. The molecule has 0 saturated carbocycles. The Morgan fingerprint density at radius 2 is 1.80 bits per heavy atom. The van der Waals surface area contributed by atoms with Crippen molar-refractivity contribution in [2.75, 3.05) is 0 Å². The first-order valence-corrected chi connectivity index (χ1v) is 8.10. The minimum Gasteiger partial charge on any atom is -0.306 e. The summed E-state index contributed by atoms with van der Waals surface area (Å²) in [7, 11) is 0. The van der Waals surface area contributed by atoms with Crippen LogP contribution in [0.3, 0.4) is 0 Å². The Labute approximate surface area is 134 Å². The molecular formula is C17H19BrClN. The number of hydrogen-bond donors (Lipinski definition) is 1. The molecule has 0 amide bonds. The van der Waals surface area contributed by atoms with Gasteiger partial charge in [-0.3, -0.25) is 0 Å². The molecule has 2 rings (SSSR count). The molecule has 0 radical (unpaired) electrons. The second-order valence-electron chi connectivity index (χ2n) is 4.87. The number of halogens is 2. The van der Waals surface area contributed by atoms with Crippen molar-refractivity contribution in [1.29, 1.82) is 0 Å². The molecule has 1 unspecified atom stereocenters. The predicted molar refractivity (Wildman–Crippen MR) is 90.1 cm³/mol. The number of benzene rings is 2. The van der Waals surface area contributed by atoms with E-state index in [2.05, 4.69) is 58.5 Å². The maximum Gasteiger partial charge on any atom is 0.0406 e. The fraction of sp³-hybridized carbons (Fsp3) is 0.294. The minimum absolute atomic E-state index is 0.365. The van der Waals surface area contributed by atoms with Crippen molar-refractivity contribution in [2.24, 2.45) is 0 Å². The van der Waals surface area contributed by atoms with Crippen LogP contribution < -0.4 is 5.32 Å². The van der Waals surface area contributed by atoms with Gasteiger partial charge in [-0.2, -0.15) is 0 Å². The van der Waals surface area contributed by atoms with Crippen molar-refractivity contribution >= 4 is 27.5 Å². The first kappa shape index (κ1) is 15.6. The first-order valence-electron chi connectivity index (χ1n) is 6.93. The third-order valence-electron chi connectivity index (χ3n) is 3.35. The van der Waals surface area contributed by atoms with E-state index >= 15 is 0 Å². The normalized spacial score (nSPS) is 12.3. The van der Waals surface area contributed by atoms with Crippen molar-refractivity contribution in [3.8, 4) is 0 Å². The molecule has 0 saturated heterocycles. The van der Waals surface area contributed by atoms with Gasteiger partial charge in [0.2, 0.25) is 0 Å². The fourth-order valence-corrected chi connectivity index (χ4v) is 2.80. The molecule has 3 heteroatoms. The van der Waals surface area contributed by atoms with Crippen LogP contribution in [0.15, 0.2) is 53.0 Å². The van der Waals surface area contributed by atoms with Gasteiger partial charge >= 0.3 is 0 Å². The average Bonchev–Trinajstić information content (AvgIpc) is 2.46. The first-order chi connectivity index (χ1) is 9.70. The summed E-state index contributed by atoms with van der Waals surface area (Å²) < 4.78 is 1.15. The van der Waals surface area contributed by atoms with Gasteiger partial charge in [0.05, 0.1) is 0 Å². The van der Waals surface area contributed by atoms with Gasteiger partial charge < -0.3 is 5.32 Å². The maximum absolute atomic E-state index is 5.96. The molecule has 106 valence electrons. The van der Waals surface area contributed by atoms with E-state index < -0.39 is 0 Å². The molecule has 1 nitrogen and oxygen atoms in total. The summed E-state index contributed by atoms with van der Waals surface area (Å²) in [5.74, 6) is 0. The number of rotatable bonds is 6. The lowest BCUT2D eigenvalue weighted by molar-refractivity contribution is 0.493. The maximum atomic E-state index is 5.96. The summed E-state index contributed by atoms with van der Waals surface area (Å²) in [6.07, 6.45) is 2.27. The van der Waals surface area contributed by atoms with E-state index in [1.165, 1.54) is 11.1 Å². The van der Waals surface area contributed by atoms with E-state index in [4.69, 9.17) is 11.6 Å². The van der Waals surface area contributed by atoms with E-state index in [0.29, 0.717) is 6.04 Å². The average molecular weight is 353 g/mol. The minimum atomic E-state index is 0.365. The molecule has 1 atom stereocenters. The Bertz CT molecular complexity index is 539. The fourth-order valence-electron chi connectivity index (χ4n) is 2.25. The standard InChI is InChI=1S/C17H19BrClN/c1-2-5-17(13-8-10-15(19)11-9-13)20-12-14-6-3-4-7-16(14)18/h3-4,6-11,17,20H,2,5,12H2,1H3. The lowest BCUT2D eigenvalue weighted by Gasteiger charge is -2.19. The molecule has 0 spiro atoms. The van der Waals surface area contributed by atoms with E-state index in [9.17, 15) is 0 Å². The molecule has 1 N–H and O–H groups in total. The number of hydrogen-bond acceptors (Lipinski definition) is 1. The summed E-state index contributed by atoms with van der Waals surface area (Å²) in [6, 6.07) is 16.8. The zero-order valence-corrected chi connectivity index (χ0v) is 13.9. The quantitative estimate of drug-likeness (QED) is 0.699. The molecule has 2 aromatic rings. The van der Waals surface area contributed by atoms with Crippen LogP contribution in [0, 0.1) is 0 Å². The monoisotopic (exact) mass is 351 g/mol. The molecular weight excluding hydrogens is 334 g/mol. The van der Waals surface area contributed by atoms with E-state index in [-0.39, 0.29) is 0 Å². The highest BCUT2D eigenvalue weighted by molar-refractivity contribution is 9.10. The lowest BCUT2D eigenvalue weighted by atomic mass is 10.0. The van der Waals surface area contributed by atoms with E-state index in [0.717, 1.165) is 28.9 Å². The van der Waals surface area contributed by atoms with Crippen LogP contribution in [0.4, 0.5) is 0 Å². The molecule has 0 aliphatic carbocycles. The van der Waals surface area contributed by atoms with Gasteiger partial charge in [-0.1, -0.05) is 71.2 Å². The van der Waals surface area contributed by atoms with Crippen LogP contribution in [-0.2, 0) is 6.54 Å². The van der Waals surface area contributed by atoms with Gasteiger partial charge in [-0.15, -0.1) is 0 Å². The topological polar surface area (TPSA) is 12.0 Å². The van der Waals surface area contributed by atoms with Gasteiger partial charge in [0, 0.05) is 22.1 Å². The summed E-state index contributed by atoms with van der Waals surface area (Å²) in [5, 5.41) is 4.43. The van der Waals surface area contributed by atoms with Crippen molar-refractivity contribution < 1.29 is 0 Å². The predicted octanol–water partition coefficient (Wildman–Crippen LogP) is 5.73. The van der Waals surface area contributed by atoms with Crippen molar-refractivity contribution in [3.63, 3.8) is 0 Å². The zero-order chi connectivity index (χ0) is 14.4. The summed E-state index contributed by atoms with van der Waals surface area (Å²) >= 11 is 9.55. The lowest BCUT2D eigenvalue weighted by Crippen LogP contribution is -2.21. The molecule has 0 heterocycles. The Balaban J connectivity index is 2.06. The SMILES string of the molecule is CCCC(NCc1ccccc1Br)c1ccc(Cl)cc1. The van der Waals surface area contributed by atoms with Crippen LogP contribution in [-0.4, -0.2) is 0 Å². The highest BCUT2D eigenvalue weighted by atomic mass is 79.9. The van der Waals surface area contributed by atoms with E-state index in [1.54, 1.807) is 0 Å². The smallest absolute Gasteiger partial charge is 0.0406 e. The van der Waals surface area contributed by atoms with Gasteiger partial charge in [0.15, 0.2) is 0 Å².